The van der Waals surface area contributed by atoms with Gasteiger partial charge in [0.05, 0.1) is 20.8 Å². The molecule has 0 saturated heterocycles. The highest BCUT2D eigenvalue weighted by Crippen LogP contribution is 2.28. The zero-order valence-corrected chi connectivity index (χ0v) is 31.7. The quantitative estimate of drug-likeness (QED) is 0.0709. The number of rotatable bonds is 13. The van der Waals surface area contributed by atoms with E-state index in [0.717, 1.165) is 63.9 Å². The second kappa shape index (κ2) is 29.0. The van der Waals surface area contributed by atoms with Gasteiger partial charge in [-0.25, -0.2) is 0 Å². The molecule has 0 aliphatic carbocycles. The van der Waals surface area contributed by atoms with Gasteiger partial charge in [-0.05, 0) is 95.6 Å². The molecule has 0 radical (unpaired) electrons. The number of carbonyl (C=O) groups is 3. The summed E-state index contributed by atoms with van der Waals surface area (Å²) in [6.07, 6.45) is 3.67. The standard InChI is InChI=1S/C13H15NO2S.C12H15NO2S.C9H13NOS.C3H3ClO.CH4/c1-2-13(16)14-5-6-17-12-4-3-10(9-15)7-11(12)8-14;1-3-12(14)13-8-9-16-11-6-4-10(15-2)5-7-11;1-11-8-2-4-9(5-3-8)12-7-6-10;1-2-3(4)5;/h2-4,7,15H,1,5-6,8-9H2;3-7H,1,8-9H2,2H3,(H,13,14);2-5H,6-7,10H2,1H3;2H,1H2;1H4. The maximum atomic E-state index is 11.6. The number of aliphatic hydroxyl groups excluding tert-OH is 1. The van der Waals surface area contributed by atoms with E-state index in [4.69, 9.17) is 31.9 Å². The smallest absolute Gasteiger partial charge is 0.246 e. The Morgan fingerprint density at radius 1 is 0.922 bits per heavy atom. The van der Waals surface area contributed by atoms with E-state index in [2.05, 4.69) is 25.1 Å². The van der Waals surface area contributed by atoms with E-state index in [9.17, 15) is 14.4 Å². The van der Waals surface area contributed by atoms with E-state index in [-0.39, 0.29) is 25.8 Å². The molecule has 1 aliphatic rings. The van der Waals surface area contributed by atoms with E-state index in [0.29, 0.717) is 13.1 Å². The molecule has 9 nitrogen and oxygen atoms in total. The van der Waals surface area contributed by atoms with E-state index in [1.807, 2.05) is 66.7 Å². The molecule has 51 heavy (non-hydrogen) atoms. The van der Waals surface area contributed by atoms with Crippen molar-refractivity contribution in [1.82, 2.24) is 10.2 Å². The average Bonchev–Trinajstić information content (AvgIpc) is 3.38. The molecule has 0 aromatic heterocycles. The van der Waals surface area contributed by atoms with Crippen LogP contribution in [-0.4, -0.2) is 78.2 Å². The predicted octanol–water partition coefficient (Wildman–Crippen LogP) is 7.21. The lowest BCUT2D eigenvalue weighted by Gasteiger charge is -2.18. The summed E-state index contributed by atoms with van der Waals surface area (Å²) in [7, 11) is 3.31. The van der Waals surface area contributed by atoms with Crippen molar-refractivity contribution in [3.8, 4) is 11.5 Å². The molecule has 0 fully saturated rings. The number of allylic oxidation sites excluding steroid dienone is 1. The molecule has 0 atom stereocenters. The van der Waals surface area contributed by atoms with Gasteiger partial charge < -0.3 is 30.5 Å². The van der Waals surface area contributed by atoms with Crippen molar-refractivity contribution < 1.29 is 29.0 Å². The van der Waals surface area contributed by atoms with Crippen molar-refractivity contribution in [2.24, 2.45) is 5.73 Å². The Hall–Kier alpha value is -3.65. The van der Waals surface area contributed by atoms with Crippen molar-refractivity contribution in [2.45, 2.75) is 35.3 Å². The summed E-state index contributed by atoms with van der Waals surface area (Å²) in [4.78, 5) is 37.3. The first-order chi connectivity index (χ1) is 24.1. The fraction of sp³-hybridized carbons (Fsp3) is 0.289. The Bertz CT molecular complexity index is 1490. The van der Waals surface area contributed by atoms with E-state index >= 15 is 0 Å². The van der Waals surface area contributed by atoms with Crippen molar-refractivity contribution in [1.29, 1.82) is 0 Å². The minimum atomic E-state index is -0.509. The largest absolute Gasteiger partial charge is 0.497 e. The van der Waals surface area contributed by atoms with E-state index < -0.39 is 5.24 Å². The van der Waals surface area contributed by atoms with Gasteiger partial charge in [0.15, 0.2) is 0 Å². The molecule has 2 amide bonds. The molecule has 4 rings (SSSR count). The molecule has 0 saturated carbocycles. The number of thioether (sulfide) groups is 3. The summed E-state index contributed by atoms with van der Waals surface area (Å²) < 4.78 is 10.1. The van der Waals surface area contributed by atoms with Crippen LogP contribution in [0.3, 0.4) is 0 Å². The SMILES string of the molecule is C.C=CC(=O)Cl.C=CC(=O)N1CCSc2ccc(CO)cc2C1.C=CC(=O)NCCSc1ccc(OC)cc1.COc1ccc(SCCN)cc1. The van der Waals surface area contributed by atoms with Gasteiger partial charge in [-0.3, -0.25) is 14.4 Å². The lowest BCUT2D eigenvalue weighted by atomic mass is 10.1. The maximum Gasteiger partial charge on any atom is 0.246 e. The highest BCUT2D eigenvalue weighted by atomic mass is 35.5. The van der Waals surface area contributed by atoms with E-state index in [1.54, 1.807) is 54.4 Å². The summed E-state index contributed by atoms with van der Waals surface area (Å²) in [5.74, 6) is 4.28. The Kier molecular flexibility index (Phi) is 26.9. The second-order valence-corrected chi connectivity index (χ2v) is 13.6. The molecular formula is C38H50ClN3O6S3. The first-order valence-corrected chi connectivity index (χ1v) is 18.7. The lowest BCUT2D eigenvalue weighted by molar-refractivity contribution is -0.126. The number of carbonyl (C=O) groups excluding carboxylic acids is 3. The highest BCUT2D eigenvalue weighted by Gasteiger charge is 2.17. The predicted molar refractivity (Wildman–Crippen MR) is 216 cm³/mol. The molecule has 3 aromatic rings. The van der Waals surface area contributed by atoms with Crippen LogP contribution in [-0.2, 0) is 27.5 Å². The monoisotopic (exact) mass is 775 g/mol. The fourth-order valence-corrected chi connectivity index (χ4v) is 6.25. The van der Waals surface area contributed by atoms with Crippen LogP contribution in [0.5, 0.6) is 11.5 Å². The first kappa shape index (κ1) is 47.4. The number of methoxy groups -OCH3 is 2. The van der Waals surface area contributed by atoms with Crippen LogP contribution >= 0.6 is 46.9 Å². The maximum absolute atomic E-state index is 11.6. The van der Waals surface area contributed by atoms with Gasteiger partial charge in [0.1, 0.15) is 11.5 Å². The van der Waals surface area contributed by atoms with E-state index in [1.165, 1.54) is 21.9 Å². The summed E-state index contributed by atoms with van der Waals surface area (Å²) in [6, 6.07) is 21.8. The van der Waals surface area contributed by atoms with Gasteiger partial charge in [-0.15, -0.1) is 35.3 Å². The number of benzene rings is 3. The van der Waals surface area contributed by atoms with Gasteiger partial charge in [0.2, 0.25) is 17.1 Å². The first-order valence-electron chi connectivity index (χ1n) is 15.4. The number of hydrogen-bond donors (Lipinski definition) is 3. The van der Waals surface area contributed by atoms with Crippen LogP contribution in [0.4, 0.5) is 0 Å². The topological polar surface area (TPSA) is 131 Å². The van der Waals surface area contributed by atoms with Crippen LogP contribution in [0.15, 0.2) is 119 Å². The third-order valence-corrected chi connectivity index (χ3v) is 9.60. The molecular weight excluding hydrogens is 726 g/mol. The number of aliphatic hydroxyl groups is 1. The van der Waals surface area contributed by atoms with Crippen LogP contribution in [0.25, 0.3) is 0 Å². The molecule has 13 heteroatoms. The van der Waals surface area contributed by atoms with Crippen LogP contribution in [0.1, 0.15) is 18.6 Å². The normalized spacial score (nSPS) is 11.0. The van der Waals surface area contributed by atoms with Crippen LogP contribution in [0, 0.1) is 0 Å². The Labute approximate surface area is 321 Å². The zero-order valence-electron chi connectivity index (χ0n) is 28.5. The minimum absolute atomic E-state index is 0. The number of halogens is 1. The average molecular weight is 776 g/mol. The lowest BCUT2D eigenvalue weighted by Crippen LogP contribution is -2.29. The van der Waals surface area contributed by atoms with Crippen molar-refractivity contribution in [2.75, 3.05) is 51.1 Å². The minimum Gasteiger partial charge on any atom is -0.497 e. The van der Waals surface area contributed by atoms with Crippen molar-refractivity contribution in [3.05, 3.63) is 116 Å². The number of nitrogens with zero attached hydrogens (tertiary/aromatic N) is 1. The number of fused-ring (bicyclic) bond motifs is 1. The Balaban J connectivity index is 0.000000691. The molecule has 0 spiro atoms. The van der Waals surface area contributed by atoms with Gasteiger partial charge in [0, 0.05) is 58.1 Å². The third kappa shape index (κ3) is 20.7. The van der Waals surface area contributed by atoms with Crippen LogP contribution in [0.2, 0.25) is 0 Å². The summed E-state index contributed by atoms with van der Waals surface area (Å²) in [5, 5.41) is 11.3. The number of amides is 2. The number of nitrogens with two attached hydrogens (primary N) is 1. The highest BCUT2D eigenvalue weighted by molar-refractivity contribution is 7.99. The number of nitrogens with one attached hydrogen (secondary N) is 1. The van der Waals surface area contributed by atoms with Gasteiger partial charge in [0.25, 0.3) is 0 Å². The van der Waals surface area contributed by atoms with Crippen molar-refractivity contribution in [3.63, 3.8) is 0 Å². The zero-order chi connectivity index (χ0) is 37.1. The van der Waals surface area contributed by atoms with Crippen molar-refractivity contribution >= 4 is 63.9 Å². The molecule has 0 unspecified atom stereocenters. The Morgan fingerprint density at radius 2 is 1.47 bits per heavy atom. The molecule has 278 valence electrons. The fourth-order valence-electron chi connectivity index (χ4n) is 3.80. The second-order valence-electron chi connectivity index (χ2n) is 9.75. The summed E-state index contributed by atoms with van der Waals surface area (Å²) >= 11 is 9.90. The molecule has 4 N–H and O–H groups in total. The number of ether oxygens (including phenoxy) is 2. The van der Waals surface area contributed by atoms with Gasteiger partial charge in [-0.1, -0.05) is 39.3 Å². The molecule has 3 aromatic carbocycles. The number of hydrogen-bond acceptors (Lipinski definition) is 10. The van der Waals surface area contributed by atoms with Crippen LogP contribution < -0.4 is 20.5 Å². The van der Waals surface area contributed by atoms with Gasteiger partial charge in [-0.2, -0.15) is 0 Å². The third-order valence-electron chi connectivity index (χ3n) is 6.30. The summed E-state index contributed by atoms with van der Waals surface area (Å²) in [5.41, 5.74) is 7.38. The summed E-state index contributed by atoms with van der Waals surface area (Å²) in [6.45, 7) is 12.7. The van der Waals surface area contributed by atoms with Gasteiger partial charge >= 0.3 is 0 Å². The molecule has 0 bridgehead atoms. The molecule has 1 aliphatic heterocycles. The molecule has 1 heterocycles. The Morgan fingerprint density at radius 3 is 1.92 bits per heavy atom.